The van der Waals surface area contributed by atoms with Crippen LogP contribution in [0.15, 0.2) is 36.4 Å². The van der Waals surface area contributed by atoms with Crippen LogP contribution >= 0.6 is 23.2 Å². The van der Waals surface area contributed by atoms with E-state index in [2.05, 4.69) is 10.6 Å². The fourth-order valence-corrected chi connectivity index (χ4v) is 5.06. The van der Waals surface area contributed by atoms with Gasteiger partial charge in [-0.1, -0.05) is 23.2 Å². The van der Waals surface area contributed by atoms with Gasteiger partial charge in [0.25, 0.3) is 5.91 Å². The van der Waals surface area contributed by atoms with Crippen molar-refractivity contribution in [1.29, 1.82) is 0 Å². The number of nitrogens with one attached hydrogen (secondary N) is 2. The Hall–Kier alpha value is -2.06. The molecule has 2 heterocycles. The van der Waals surface area contributed by atoms with Crippen LogP contribution in [0, 0.1) is 5.82 Å². The zero-order valence-corrected chi connectivity index (χ0v) is 20.1. The highest BCUT2D eigenvalue weighted by atomic mass is 35.5. The number of benzene rings is 2. The Morgan fingerprint density at radius 3 is 2.56 bits per heavy atom. The standard InChI is InChI=1S/C25H27Cl2FN2O4/c26-16-1-8-22-15(9-16)10-23(33-22)24(31)30-18-4-2-17(3-5-18)29-12-25(13-32-14-25)34-19-6-7-20(27)21(28)11-19/h1,6-9,11,17-18,23,29H,2-5,10,12-14H2,(H,30,31). The average Bonchev–Trinajstić information content (AvgIpc) is 3.22. The zero-order chi connectivity index (χ0) is 23.7. The normalized spacial score (nSPS) is 25.1. The number of amides is 1. The highest BCUT2D eigenvalue weighted by molar-refractivity contribution is 6.31. The van der Waals surface area contributed by atoms with Crippen LogP contribution in [0.3, 0.4) is 0 Å². The molecule has 0 aromatic heterocycles. The molecule has 0 radical (unpaired) electrons. The second-order valence-corrected chi connectivity index (χ2v) is 10.2. The highest BCUT2D eigenvalue weighted by Crippen LogP contribution is 2.32. The van der Waals surface area contributed by atoms with Crippen LogP contribution in [0.25, 0.3) is 0 Å². The van der Waals surface area contributed by atoms with Gasteiger partial charge in [-0.2, -0.15) is 0 Å². The lowest BCUT2D eigenvalue weighted by molar-refractivity contribution is -0.159. The van der Waals surface area contributed by atoms with Gasteiger partial charge in [-0.25, -0.2) is 4.39 Å². The summed E-state index contributed by atoms with van der Waals surface area (Å²) in [4.78, 5) is 12.7. The number of hydrogen-bond donors (Lipinski definition) is 2. The monoisotopic (exact) mass is 508 g/mol. The Kier molecular flexibility index (Phi) is 6.89. The molecule has 0 bridgehead atoms. The Bertz CT molecular complexity index is 1060. The summed E-state index contributed by atoms with van der Waals surface area (Å²) < 4.78 is 31.0. The van der Waals surface area contributed by atoms with Crippen molar-refractivity contribution < 1.29 is 23.4 Å². The van der Waals surface area contributed by atoms with Gasteiger partial charge in [0.1, 0.15) is 17.3 Å². The second kappa shape index (κ2) is 9.90. The molecule has 1 atom stereocenters. The number of ether oxygens (including phenoxy) is 3. The average molecular weight is 509 g/mol. The summed E-state index contributed by atoms with van der Waals surface area (Å²) in [5, 5.41) is 7.45. The van der Waals surface area contributed by atoms with E-state index in [0.717, 1.165) is 37.0 Å². The van der Waals surface area contributed by atoms with Crippen LogP contribution < -0.4 is 20.1 Å². The minimum absolute atomic E-state index is 0.0710. The van der Waals surface area contributed by atoms with Gasteiger partial charge in [-0.15, -0.1) is 0 Å². The molecule has 182 valence electrons. The molecule has 0 spiro atoms. The third-order valence-electron chi connectivity index (χ3n) is 6.73. The highest BCUT2D eigenvalue weighted by Gasteiger charge is 2.42. The number of halogens is 3. The second-order valence-electron chi connectivity index (χ2n) is 9.35. The third-order valence-corrected chi connectivity index (χ3v) is 7.27. The minimum atomic E-state index is -0.511. The first-order valence-corrected chi connectivity index (χ1v) is 12.4. The van der Waals surface area contributed by atoms with Crippen LogP contribution in [-0.4, -0.2) is 49.5 Å². The van der Waals surface area contributed by atoms with Gasteiger partial charge in [-0.05, 0) is 61.6 Å². The summed E-state index contributed by atoms with van der Waals surface area (Å²) in [5.74, 6) is 0.600. The Morgan fingerprint density at radius 2 is 1.85 bits per heavy atom. The Labute approximate surface area is 208 Å². The first-order valence-electron chi connectivity index (χ1n) is 11.6. The van der Waals surface area contributed by atoms with E-state index >= 15 is 0 Å². The van der Waals surface area contributed by atoms with Crippen molar-refractivity contribution >= 4 is 29.1 Å². The van der Waals surface area contributed by atoms with E-state index in [1.54, 1.807) is 12.1 Å². The summed E-state index contributed by atoms with van der Waals surface area (Å²) in [5.41, 5.74) is 0.460. The quantitative estimate of drug-likeness (QED) is 0.583. The molecule has 2 aromatic carbocycles. The van der Waals surface area contributed by atoms with E-state index in [1.165, 1.54) is 12.1 Å². The van der Waals surface area contributed by atoms with E-state index in [4.69, 9.17) is 37.4 Å². The van der Waals surface area contributed by atoms with Crippen LogP contribution in [0.4, 0.5) is 4.39 Å². The van der Waals surface area contributed by atoms with Crippen LogP contribution in [0.5, 0.6) is 11.5 Å². The van der Waals surface area contributed by atoms with Gasteiger partial charge in [-0.3, -0.25) is 4.79 Å². The maximum Gasteiger partial charge on any atom is 0.261 e. The zero-order valence-electron chi connectivity index (χ0n) is 18.6. The molecule has 2 aromatic rings. The SMILES string of the molecule is O=C(NC1CCC(NCC2(Oc3ccc(Cl)c(F)c3)COC2)CC1)C1Cc2cc(Cl)ccc2O1. The van der Waals surface area contributed by atoms with E-state index in [1.807, 2.05) is 12.1 Å². The number of fused-ring (bicyclic) bond motifs is 1. The molecule has 9 heteroatoms. The minimum Gasteiger partial charge on any atom is -0.481 e. The lowest BCUT2D eigenvalue weighted by Gasteiger charge is -2.43. The van der Waals surface area contributed by atoms with Crippen LogP contribution in [0.1, 0.15) is 31.2 Å². The van der Waals surface area contributed by atoms with E-state index in [-0.39, 0.29) is 17.0 Å². The molecular formula is C25H27Cl2FN2O4. The summed E-state index contributed by atoms with van der Waals surface area (Å²) in [6.45, 7) is 1.50. The molecule has 2 aliphatic heterocycles. The van der Waals surface area contributed by atoms with Gasteiger partial charge >= 0.3 is 0 Å². The predicted molar refractivity (Wildman–Crippen MR) is 127 cm³/mol. The van der Waals surface area contributed by atoms with Crippen molar-refractivity contribution in [2.75, 3.05) is 19.8 Å². The maximum absolute atomic E-state index is 13.8. The van der Waals surface area contributed by atoms with E-state index < -0.39 is 17.5 Å². The molecule has 6 nitrogen and oxygen atoms in total. The number of carbonyl (C=O) groups excluding carboxylic acids is 1. The maximum atomic E-state index is 13.8. The van der Waals surface area contributed by atoms with Crippen molar-refractivity contribution in [3.8, 4) is 11.5 Å². The van der Waals surface area contributed by atoms with Crippen molar-refractivity contribution in [3.05, 3.63) is 57.8 Å². The summed E-state index contributed by atoms with van der Waals surface area (Å²) in [7, 11) is 0. The van der Waals surface area contributed by atoms with Crippen LogP contribution in [-0.2, 0) is 16.0 Å². The Morgan fingerprint density at radius 1 is 1.09 bits per heavy atom. The number of carbonyl (C=O) groups is 1. The van der Waals surface area contributed by atoms with Gasteiger partial charge in [0.2, 0.25) is 0 Å². The van der Waals surface area contributed by atoms with Gasteiger partial charge in [0, 0.05) is 36.1 Å². The molecule has 1 unspecified atom stereocenters. The molecule has 2 fully saturated rings. The van der Waals surface area contributed by atoms with Gasteiger partial charge in [0.05, 0.1) is 18.2 Å². The van der Waals surface area contributed by atoms with Crippen molar-refractivity contribution in [3.63, 3.8) is 0 Å². The lowest BCUT2D eigenvalue weighted by atomic mass is 9.90. The fourth-order valence-electron chi connectivity index (χ4n) is 4.75. The molecule has 3 aliphatic rings. The first kappa shape index (κ1) is 23.7. The summed E-state index contributed by atoms with van der Waals surface area (Å²) in [6.07, 6.45) is 3.71. The predicted octanol–water partition coefficient (Wildman–Crippen LogP) is 4.30. The van der Waals surface area contributed by atoms with Crippen molar-refractivity contribution in [2.45, 2.75) is 55.9 Å². The largest absolute Gasteiger partial charge is 0.481 e. The Balaban J connectivity index is 1.06. The smallest absolute Gasteiger partial charge is 0.261 e. The lowest BCUT2D eigenvalue weighted by Crippen LogP contribution is -2.61. The molecule has 1 amide bonds. The summed E-state index contributed by atoms with van der Waals surface area (Å²) >= 11 is 11.8. The van der Waals surface area contributed by atoms with Gasteiger partial charge in [0.15, 0.2) is 11.7 Å². The molecule has 5 rings (SSSR count). The number of rotatable bonds is 7. The van der Waals surface area contributed by atoms with Gasteiger partial charge < -0.3 is 24.8 Å². The topological polar surface area (TPSA) is 68.8 Å². The van der Waals surface area contributed by atoms with Crippen LogP contribution in [0.2, 0.25) is 10.0 Å². The number of hydrogen-bond acceptors (Lipinski definition) is 5. The van der Waals surface area contributed by atoms with Crippen molar-refractivity contribution in [2.24, 2.45) is 0 Å². The summed E-state index contributed by atoms with van der Waals surface area (Å²) in [6, 6.07) is 10.4. The van der Waals surface area contributed by atoms with E-state index in [9.17, 15) is 9.18 Å². The van der Waals surface area contributed by atoms with E-state index in [0.29, 0.717) is 43.0 Å². The van der Waals surface area contributed by atoms with Crippen molar-refractivity contribution in [1.82, 2.24) is 10.6 Å². The third kappa shape index (κ3) is 5.28. The molecule has 34 heavy (non-hydrogen) atoms. The first-order chi connectivity index (χ1) is 16.4. The molecule has 1 saturated carbocycles. The fraction of sp³-hybridized carbons (Fsp3) is 0.480. The molecule has 2 N–H and O–H groups in total. The molecular weight excluding hydrogens is 482 g/mol. The molecule has 1 saturated heterocycles. The molecule has 1 aliphatic carbocycles.